The first kappa shape index (κ1) is 19.2. The zero-order chi connectivity index (χ0) is 19.7. The van der Waals surface area contributed by atoms with Gasteiger partial charge in [0.25, 0.3) is 0 Å². The molecule has 0 amide bonds. The van der Waals surface area contributed by atoms with Crippen LogP contribution >= 0.6 is 0 Å². The number of methoxy groups -OCH3 is 2. The molecule has 0 bridgehead atoms. The predicted molar refractivity (Wildman–Crippen MR) is 109 cm³/mol. The highest BCUT2D eigenvalue weighted by atomic mass is 19.1. The minimum Gasteiger partial charge on any atom is -0.497 e. The van der Waals surface area contributed by atoms with Crippen LogP contribution in [-0.2, 0) is 6.54 Å². The minimum atomic E-state index is -0.173. The molecule has 0 saturated carbocycles. The summed E-state index contributed by atoms with van der Waals surface area (Å²) in [5.74, 6) is 1.95. The van der Waals surface area contributed by atoms with E-state index in [1.807, 2.05) is 24.3 Å². The predicted octanol–water partition coefficient (Wildman–Crippen LogP) is 3.91. The molecule has 0 spiro atoms. The second kappa shape index (κ2) is 8.10. The summed E-state index contributed by atoms with van der Waals surface area (Å²) in [5, 5.41) is 0. The molecular weight excluding hydrogens is 355 g/mol. The zero-order valence-electron chi connectivity index (χ0n) is 16.9. The fourth-order valence-electron chi connectivity index (χ4n) is 5.05. The van der Waals surface area contributed by atoms with Gasteiger partial charge in [-0.05, 0) is 62.3 Å². The van der Waals surface area contributed by atoms with Crippen LogP contribution < -0.4 is 9.47 Å². The molecule has 2 aliphatic rings. The third-order valence-corrected chi connectivity index (χ3v) is 6.39. The molecule has 28 heavy (non-hydrogen) atoms. The Morgan fingerprint density at radius 3 is 2.57 bits per heavy atom. The van der Waals surface area contributed by atoms with Crippen molar-refractivity contribution in [2.45, 2.75) is 37.4 Å². The molecule has 2 aliphatic heterocycles. The molecule has 2 aromatic carbocycles. The van der Waals surface area contributed by atoms with Gasteiger partial charge in [0.2, 0.25) is 0 Å². The van der Waals surface area contributed by atoms with E-state index in [9.17, 15) is 4.39 Å². The first-order valence-electron chi connectivity index (χ1n) is 10.0. The Morgan fingerprint density at radius 2 is 1.86 bits per heavy atom. The number of nitrogens with zero attached hydrogens (tertiary/aromatic N) is 2. The summed E-state index contributed by atoms with van der Waals surface area (Å²) >= 11 is 0. The molecule has 5 heteroatoms. The number of benzene rings is 2. The fraction of sp³-hybridized carbons (Fsp3) is 0.478. The largest absolute Gasteiger partial charge is 0.497 e. The number of halogens is 1. The maximum Gasteiger partial charge on any atom is 0.123 e. The summed E-state index contributed by atoms with van der Waals surface area (Å²) < 4.78 is 24.5. The van der Waals surface area contributed by atoms with Gasteiger partial charge in [-0.3, -0.25) is 4.90 Å². The Balaban J connectivity index is 1.63. The van der Waals surface area contributed by atoms with Crippen molar-refractivity contribution in [3.05, 3.63) is 59.4 Å². The second-order valence-corrected chi connectivity index (χ2v) is 7.95. The maximum atomic E-state index is 13.5. The number of piperidine rings is 1. The lowest BCUT2D eigenvalue weighted by Gasteiger charge is -2.39. The molecule has 0 radical (unpaired) electrons. The van der Waals surface area contributed by atoms with Crippen molar-refractivity contribution < 1.29 is 13.9 Å². The van der Waals surface area contributed by atoms with E-state index in [4.69, 9.17) is 9.47 Å². The van der Waals surface area contributed by atoms with Gasteiger partial charge >= 0.3 is 0 Å². The van der Waals surface area contributed by atoms with Gasteiger partial charge in [0.1, 0.15) is 17.3 Å². The van der Waals surface area contributed by atoms with Crippen molar-refractivity contribution >= 4 is 0 Å². The van der Waals surface area contributed by atoms with Crippen LogP contribution in [0.1, 0.15) is 29.9 Å². The molecule has 2 saturated heterocycles. The molecule has 2 aromatic rings. The third-order valence-electron chi connectivity index (χ3n) is 6.39. The van der Waals surface area contributed by atoms with Crippen LogP contribution in [-0.4, -0.2) is 56.2 Å². The lowest BCUT2D eigenvalue weighted by Crippen LogP contribution is -2.49. The van der Waals surface area contributed by atoms with Crippen LogP contribution in [0.15, 0.2) is 42.5 Å². The normalized spacial score (nSPS) is 25.5. The quantitative estimate of drug-likeness (QED) is 0.781. The Labute approximate surface area is 166 Å². The number of rotatable bonds is 5. The topological polar surface area (TPSA) is 24.9 Å². The molecule has 150 valence electrons. The van der Waals surface area contributed by atoms with E-state index in [0.717, 1.165) is 36.7 Å². The highest BCUT2D eigenvalue weighted by molar-refractivity contribution is 5.40. The molecule has 0 aliphatic carbocycles. The Bertz CT molecular complexity index is 811. The summed E-state index contributed by atoms with van der Waals surface area (Å²) in [5.41, 5.74) is 2.37. The van der Waals surface area contributed by atoms with Crippen molar-refractivity contribution in [1.29, 1.82) is 0 Å². The van der Waals surface area contributed by atoms with Crippen LogP contribution in [0.2, 0.25) is 0 Å². The van der Waals surface area contributed by atoms with E-state index in [1.54, 1.807) is 26.4 Å². The van der Waals surface area contributed by atoms with Crippen molar-refractivity contribution in [2.75, 3.05) is 34.4 Å². The van der Waals surface area contributed by atoms with Crippen LogP contribution in [0, 0.1) is 5.82 Å². The summed E-state index contributed by atoms with van der Waals surface area (Å²) in [6.07, 6.45) is 2.40. The Hall–Kier alpha value is -2.11. The van der Waals surface area contributed by atoms with Gasteiger partial charge in [-0.15, -0.1) is 0 Å². The third kappa shape index (κ3) is 3.61. The second-order valence-electron chi connectivity index (χ2n) is 7.95. The van der Waals surface area contributed by atoms with E-state index in [-0.39, 0.29) is 5.82 Å². The molecule has 0 N–H and O–H groups in total. The van der Waals surface area contributed by atoms with Gasteiger partial charge in [0.05, 0.1) is 14.2 Å². The first-order chi connectivity index (χ1) is 13.6. The number of fused-ring (bicyclic) bond motifs is 1. The van der Waals surface area contributed by atoms with Crippen LogP contribution in [0.5, 0.6) is 11.5 Å². The molecule has 0 aromatic heterocycles. The molecule has 2 heterocycles. The smallest absolute Gasteiger partial charge is 0.123 e. The van der Waals surface area contributed by atoms with Gasteiger partial charge in [-0.2, -0.15) is 0 Å². The SMILES string of the molecule is COc1ccc(OC)c(CN2C[C@H](c3ccc(F)cc3)[C@@H]3[C@H]2CCCN3C)c1. The highest BCUT2D eigenvalue weighted by Gasteiger charge is 2.45. The average molecular weight is 384 g/mol. The lowest BCUT2D eigenvalue weighted by molar-refractivity contribution is 0.108. The molecular formula is C23H29FN2O2. The zero-order valence-corrected chi connectivity index (χ0v) is 16.9. The number of likely N-dealkylation sites (N-methyl/N-ethyl adjacent to an activating group) is 1. The minimum absolute atomic E-state index is 0.173. The maximum absolute atomic E-state index is 13.5. The first-order valence-corrected chi connectivity index (χ1v) is 10.0. The number of hydrogen-bond acceptors (Lipinski definition) is 4. The summed E-state index contributed by atoms with van der Waals surface area (Å²) in [7, 11) is 5.63. The molecule has 4 rings (SSSR count). The number of ether oxygens (including phenoxy) is 2. The number of likely N-dealkylation sites (tertiary alicyclic amines) is 2. The summed E-state index contributed by atoms with van der Waals surface area (Å²) in [4.78, 5) is 5.07. The molecule has 4 nitrogen and oxygen atoms in total. The van der Waals surface area contributed by atoms with Crippen LogP contribution in [0.4, 0.5) is 4.39 Å². The van der Waals surface area contributed by atoms with E-state index < -0.39 is 0 Å². The monoisotopic (exact) mass is 384 g/mol. The van der Waals surface area contributed by atoms with Crippen molar-refractivity contribution in [3.8, 4) is 11.5 Å². The molecule has 2 fully saturated rings. The van der Waals surface area contributed by atoms with Gasteiger partial charge < -0.3 is 14.4 Å². The van der Waals surface area contributed by atoms with Crippen molar-refractivity contribution in [3.63, 3.8) is 0 Å². The summed E-state index contributed by atoms with van der Waals surface area (Å²) in [6.45, 7) is 2.91. The lowest BCUT2D eigenvalue weighted by atomic mass is 9.86. The summed E-state index contributed by atoms with van der Waals surface area (Å²) in [6, 6.07) is 14.0. The van der Waals surface area contributed by atoms with Crippen LogP contribution in [0.3, 0.4) is 0 Å². The standard InChI is InChI=1S/C23H29FN2O2/c1-25-12-4-5-21-23(25)20(16-6-8-18(24)9-7-16)15-26(21)14-17-13-19(27-2)10-11-22(17)28-3/h6-11,13,20-21,23H,4-5,12,14-15H2,1-3H3/t20-,21-,23-/m1/s1. The molecule has 3 atom stereocenters. The van der Waals surface area contributed by atoms with Gasteiger partial charge in [-0.25, -0.2) is 4.39 Å². The van der Waals surface area contributed by atoms with E-state index >= 15 is 0 Å². The number of hydrogen-bond donors (Lipinski definition) is 0. The average Bonchev–Trinajstić information content (AvgIpc) is 3.08. The van der Waals surface area contributed by atoms with Crippen LogP contribution in [0.25, 0.3) is 0 Å². The highest BCUT2D eigenvalue weighted by Crippen LogP contribution is 2.41. The fourth-order valence-corrected chi connectivity index (χ4v) is 5.05. The van der Waals surface area contributed by atoms with E-state index in [1.165, 1.54) is 18.4 Å². The molecule has 0 unspecified atom stereocenters. The van der Waals surface area contributed by atoms with Crippen molar-refractivity contribution in [1.82, 2.24) is 9.80 Å². The van der Waals surface area contributed by atoms with Crippen molar-refractivity contribution in [2.24, 2.45) is 0 Å². The van der Waals surface area contributed by atoms with E-state index in [2.05, 4.69) is 22.9 Å². The van der Waals surface area contributed by atoms with Gasteiger partial charge in [-0.1, -0.05) is 12.1 Å². The Morgan fingerprint density at radius 1 is 1.07 bits per heavy atom. The Kier molecular flexibility index (Phi) is 5.56. The van der Waals surface area contributed by atoms with Gasteiger partial charge in [0.15, 0.2) is 0 Å². The van der Waals surface area contributed by atoms with Gasteiger partial charge in [0, 0.05) is 36.7 Å². The van der Waals surface area contributed by atoms with E-state index in [0.29, 0.717) is 18.0 Å².